The quantitative estimate of drug-likeness (QED) is 0.597. The van der Waals surface area contributed by atoms with Crippen molar-refractivity contribution >= 4 is 10.8 Å². The lowest BCUT2D eigenvalue weighted by molar-refractivity contribution is 0.723. The maximum absolute atomic E-state index is 2.47. The smallest absolute Gasteiger partial charge is 0.0144 e. The molecule has 1 aliphatic carbocycles. The molecule has 2 aromatic carbocycles. The van der Waals surface area contributed by atoms with Gasteiger partial charge in [0.2, 0.25) is 0 Å². The molecule has 0 aromatic heterocycles. The fourth-order valence-electron chi connectivity index (χ4n) is 4.16. The molecule has 0 nitrogen and oxygen atoms in total. The summed E-state index contributed by atoms with van der Waals surface area (Å²) in [5.74, 6) is 1.02. The first-order chi connectivity index (χ1) is 10.7. The van der Waals surface area contributed by atoms with Gasteiger partial charge in [-0.1, -0.05) is 51.8 Å². The molecule has 2 aromatic rings. The van der Waals surface area contributed by atoms with E-state index in [-0.39, 0.29) is 0 Å². The lowest BCUT2D eigenvalue weighted by Crippen LogP contribution is -2.01. The number of benzene rings is 2. The SMILES string of the molecule is CCc1c(C)cc2c(CC)c(CCC3CC3)ccc2c1CC. The molecule has 0 saturated heterocycles. The molecule has 1 fully saturated rings. The van der Waals surface area contributed by atoms with Gasteiger partial charge < -0.3 is 0 Å². The van der Waals surface area contributed by atoms with Crippen LogP contribution in [0.1, 0.15) is 67.9 Å². The first-order valence-corrected chi connectivity index (χ1v) is 9.25. The van der Waals surface area contributed by atoms with E-state index in [4.69, 9.17) is 0 Å². The normalized spacial score (nSPS) is 14.7. The van der Waals surface area contributed by atoms with E-state index in [1.165, 1.54) is 42.0 Å². The number of fused-ring (bicyclic) bond motifs is 1. The van der Waals surface area contributed by atoms with Gasteiger partial charge in [0.05, 0.1) is 0 Å². The van der Waals surface area contributed by atoms with E-state index in [0.29, 0.717) is 0 Å². The molecule has 0 heteroatoms. The minimum atomic E-state index is 1.02. The Hall–Kier alpha value is -1.30. The summed E-state index contributed by atoms with van der Waals surface area (Å²) in [5, 5.41) is 3.04. The van der Waals surface area contributed by atoms with Gasteiger partial charge in [-0.25, -0.2) is 0 Å². The number of rotatable bonds is 6. The van der Waals surface area contributed by atoms with Gasteiger partial charge in [0, 0.05) is 0 Å². The summed E-state index contributed by atoms with van der Waals surface area (Å²) in [5.41, 5.74) is 7.86. The van der Waals surface area contributed by atoms with Crippen LogP contribution in [0.3, 0.4) is 0 Å². The van der Waals surface area contributed by atoms with Gasteiger partial charge in [-0.15, -0.1) is 0 Å². The highest BCUT2D eigenvalue weighted by molar-refractivity contribution is 5.91. The van der Waals surface area contributed by atoms with Crippen LogP contribution in [0.5, 0.6) is 0 Å². The van der Waals surface area contributed by atoms with E-state index >= 15 is 0 Å². The molecule has 0 atom stereocenters. The average Bonchev–Trinajstić information content (AvgIpc) is 3.35. The fraction of sp³-hybridized carbons (Fsp3) is 0.545. The second-order valence-electron chi connectivity index (χ2n) is 6.99. The third kappa shape index (κ3) is 2.81. The summed E-state index contributed by atoms with van der Waals surface area (Å²) in [7, 11) is 0. The lowest BCUT2D eigenvalue weighted by atomic mass is 9.86. The first-order valence-electron chi connectivity index (χ1n) is 9.25. The van der Waals surface area contributed by atoms with Crippen LogP contribution in [0.4, 0.5) is 0 Å². The second-order valence-corrected chi connectivity index (χ2v) is 6.99. The van der Waals surface area contributed by atoms with Crippen LogP contribution in [-0.4, -0.2) is 0 Å². The standard InChI is InChI=1S/C22H30/c1-5-18-15(4)14-22-19(6-2)17(11-10-16-8-9-16)12-13-21(22)20(18)7-3/h12-14,16H,5-11H2,1-4H3. The van der Waals surface area contributed by atoms with Crippen LogP contribution in [0.15, 0.2) is 18.2 Å². The van der Waals surface area contributed by atoms with Crippen molar-refractivity contribution in [2.45, 2.75) is 72.6 Å². The van der Waals surface area contributed by atoms with Crippen molar-refractivity contribution in [3.05, 3.63) is 46.0 Å². The molecule has 0 aliphatic heterocycles. The Bertz CT molecular complexity index is 674. The number of aryl methyl sites for hydroxylation is 4. The zero-order valence-corrected chi connectivity index (χ0v) is 14.8. The molecule has 0 unspecified atom stereocenters. The van der Waals surface area contributed by atoms with Crippen molar-refractivity contribution in [3.63, 3.8) is 0 Å². The maximum atomic E-state index is 2.47. The van der Waals surface area contributed by atoms with Crippen molar-refractivity contribution in [3.8, 4) is 0 Å². The number of hydrogen-bond acceptors (Lipinski definition) is 0. The molecule has 3 rings (SSSR count). The summed E-state index contributed by atoms with van der Waals surface area (Å²) in [6.07, 6.45) is 9.06. The molecular formula is C22H30. The van der Waals surface area contributed by atoms with E-state index in [2.05, 4.69) is 45.9 Å². The minimum Gasteiger partial charge on any atom is -0.0613 e. The van der Waals surface area contributed by atoms with Crippen molar-refractivity contribution in [2.75, 3.05) is 0 Å². The Morgan fingerprint density at radius 1 is 0.864 bits per heavy atom. The zero-order valence-electron chi connectivity index (χ0n) is 14.8. The van der Waals surface area contributed by atoms with Crippen molar-refractivity contribution in [1.82, 2.24) is 0 Å². The van der Waals surface area contributed by atoms with Gasteiger partial charge in [-0.05, 0) is 83.5 Å². The highest BCUT2D eigenvalue weighted by atomic mass is 14.3. The second kappa shape index (κ2) is 6.44. The summed E-state index contributed by atoms with van der Waals surface area (Å²) in [6, 6.07) is 7.30. The minimum absolute atomic E-state index is 1.02. The van der Waals surface area contributed by atoms with Gasteiger partial charge in [0.25, 0.3) is 0 Å². The third-order valence-corrected chi connectivity index (χ3v) is 5.56. The largest absolute Gasteiger partial charge is 0.0613 e. The highest BCUT2D eigenvalue weighted by Gasteiger charge is 2.21. The molecule has 0 bridgehead atoms. The fourth-order valence-corrected chi connectivity index (χ4v) is 4.16. The van der Waals surface area contributed by atoms with Crippen molar-refractivity contribution < 1.29 is 0 Å². The molecule has 1 saturated carbocycles. The predicted octanol–water partition coefficient (Wildman–Crippen LogP) is 6.18. The van der Waals surface area contributed by atoms with Crippen LogP contribution in [0, 0.1) is 12.8 Å². The molecule has 0 amide bonds. The Balaban J connectivity index is 2.13. The monoisotopic (exact) mass is 294 g/mol. The van der Waals surface area contributed by atoms with E-state index in [1.807, 2.05) is 0 Å². The topological polar surface area (TPSA) is 0 Å². The summed E-state index contributed by atoms with van der Waals surface area (Å²) < 4.78 is 0. The highest BCUT2D eigenvalue weighted by Crippen LogP contribution is 2.36. The van der Waals surface area contributed by atoms with Crippen molar-refractivity contribution in [1.29, 1.82) is 0 Å². The Kier molecular flexibility index (Phi) is 4.57. The molecular weight excluding hydrogens is 264 g/mol. The molecule has 118 valence electrons. The molecule has 0 heterocycles. The first kappa shape index (κ1) is 15.6. The summed E-state index contributed by atoms with van der Waals surface area (Å²) >= 11 is 0. The van der Waals surface area contributed by atoms with Crippen LogP contribution in [-0.2, 0) is 25.7 Å². The molecule has 22 heavy (non-hydrogen) atoms. The van der Waals surface area contributed by atoms with Gasteiger partial charge in [0.15, 0.2) is 0 Å². The predicted molar refractivity (Wildman–Crippen MR) is 97.9 cm³/mol. The lowest BCUT2D eigenvalue weighted by Gasteiger charge is -2.18. The van der Waals surface area contributed by atoms with E-state index in [0.717, 1.165) is 25.2 Å². The summed E-state index contributed by atoms with van der Waals surface area (Å²) in [4.78, 5) is 0. The van der Waals surface area contributed by atoms with Gasteiger partial charge >= 0.3 is 0 Å². The molecule has 0 spiro atoms. The van der Waals surface area contributed by atoms with E-state index in [1.54, 1.807) is 22.3 Å². The van der Waals surface area contributed by atoms with Crippen LogP contribution in [0.25, 0.3) is 10.8 Å². The van der Waals surface area contributed by atoms with Crippen LogP contribution >= 0.6 is 0 Å². The van der Waals surface area contributed by atoms with Crippen molar-refractivity contribution in [2.24, 2.45) is 5.92 Å². The average molecular weight is 294 g/mol. The van der Waals surface area contributed by atoms with Gasteiger partial charge in [-0.2, -0.15) is 0 Å². The molecule has 0 radical (unpaired) electrons. The third-order valence-electron chi connectivity index (χ3n) is 5.56. The molecule has 1 aliphatic rings. The molecule has 0 N–H and O–H groups in total. The Morgan fingerprint density at radius 2 is 1.55 bits per heavy atom. The Morgan fingerprint density at radius 3 is 2.14 bits per heavy atom. The van der Waals surface area contributed by atoms with Gasteiger partial charge in [-0.3, -0.25) is 0 Å². The Labute approximate surface area is 135 Å². The van der Waals surface area contributed by atoms with E-state index in [9.17, 15) is 0 Å². The van der Waals surface area contributed by atoms with Gasteiger partial charge in [0.1, 0.15) is 0 Å². The van der Waals surface area contributed by atoms with E-state index < -0.39 is 0 Å². The van der Waals surface area contributed by atoms with Crippen LogP contribution in [0.2, 0.25) is 0 Å². The number of hydrogen-bond donors (Lipinski definition) is 0. The zero-order chi connectivity index (χ0) is 15.7. The van der Waals surface area contributed by atoms with Crippen LogP contribution < -0.4 is 0 Å². The maximum Gasteiger partial charge on any atom is -0.0144 e. The summed E-state index contributed by atoms with van der Waals surface area (Å²) in [6.45, 7) is 9.22.